The predicted molar refractivity (Wildman–Crippen MR) is 109 cm³/mol. The molecule has 1 heterocycles. The van der Waals surface area contributed by atoms with E-state index in [1.165, 1.54) is 18.4 Å². The van der Waals surface area contributed by atoms with Gasteiger partial charge >= 0.3 is 11.7 Å². The Balaban J connectivity index is 1.66. The number of carbonyl (C=O) groups is 1. The van der Waals surface area contributed by atoms with Crippen molar-refractivity contribution >= 4 is 27.1 Å². The zero-order valence-corrected chi connectivity index (χ0v) is 18.0. The lowest BCUT2D eigenvalue weighted by Crippen LogP contribution is -2.12. The van der Waals surface area contributed by atoms with Crippen molar-refractivity contribution in [1.29, 1.82) is 0 Å². The molecule has 0 amide bonds. The third kappa shape index (κ3) is 5.00. The van der Waals surface area contributed by atoms with E-state index in [4.69, 9.17) is 14.2 Å². The van der Waals surface area contributed by atoms with Gasteiger partial charge in [0.05, 0.1) is 30.4 Å². The molecule has 0 bridgehead atoms. The van der Waals surface area contributed by atoms with Crippen molar-refractivity contribution in [3.63, 3.8) is 0 Å². The van der Waals surface area contributed by atoms with Gasteiger partial charge in [0.15, 0.2) is 11.5 Å². The summed E-state index contributed by atoms with van der Waals surface area (Å²) in [6.45, 7) is -0.111. The molecule has 0 aliphatic carbocycles. The number of halogens is 2. The average Bonchev–Trinajstić information content (AvgIpc) is 3.26. The quantitative estimate of drug-likeness (QED) is 0.457. The standard InChI is InChI=1S/C20H17F2NO6S2/c1-27-16-8-5-13(9-17(16)28-2)18-23-14(11-30-18)10-29-19(24)12-3-6-15(7-4-12)31(25,26)20(21)22/h3-9,11,20H,10H2,1-2H3. The summed E-state index contributed by atoms with van der Waals surface area (Å²) in [5.74, 6) is -3.12. The lowest BCUT2D eigenvalue weighted by molar-refractivity contribution is 0.0468. The molecule has 0 unspecified atom stereocenters. The summed E-state index contributed by atoms with van der Waals surface area (Å²) < 4.78 is 63.7. The first kappa shape index (κ1) is 22.6. The van der Waals surface area contributed by atoms with Gasteiger partial charge in [0.2, 0.25) is 9.84 Å². The first-order chi connectivity index (χ1) is 14.8. The van der Waals surface area contributed by atoms with Crippen LogP contribution in [0.1, 0.15) is 16.1 Å². The van der Waals surface area contributed by atoms with Crippen LogP contribution in [-0.2, 0) is 21.2 Å². The number of thiazole rings is 1. The molecule has 7 nitrogen and oxygen atoms in total. The minimum absolute atomic E-state index is 0.0311. The van der Waals surface area contributed by atoms with Crippen molar-refractivity contribution in [2.75, 3.05) is 14.2 Å². The highest BCUT2D eigenvalue weighted by molar-refractivity contribution is 7.91. The second-order valence-corrected chi connectivity index (χ2v) is 8.90. The van der Waals surface area contributed by atoms with Gasteiger partial charge in [-0.25, -0.2) is 18.2 Å². The van der Waals surface area contributed by atoms with E-state index in [0.29, 0.717) is 22.2 Å². The third-order valence-corrected chi connectivity index (χ3v) is 6.53. The molecule has 164 valence electrons. The summed E-state index contributed by atoms with van der Waals surface area (Å²) in [6, 6.07) is 9.48. The van der Waals surface area contributed by atoms with Crippen LogP contribution in [0.5, 0.6) is 11.5 Å². The van der Waals surface area contributed by atoms with Crippen molar-refractivity contribution < 1.29 is 36.2 Å². The second kappa shape index (κ2) is 9.40. The highest BCUT2D eigenvalue weighted by Gasteiger charge is 2.26. The Morgan fingerprint density at radius 3 is 2.35 bits per heavy atom. The van der Waals surface area contributed by atoms with Crippen molar-refractivity contribution in [3.8, 4) is 22.1 Å². The molecule has 1 aromatic heterocycles. The number of carbonyl (C=O) groups excluding carboxylic acids is 1. The molecule has 3 rings (SSSR count). The van der Waals surface area contributed by atoms with Gasteiger partial charge in [-0.3, -0.25) is 0 Å². The van der Waals surface area contributed by atoms with Gasteiger partial charge in [-0.1, -0.05) is 0 Å². The summed E-state index contributed by atoms with van der Waals surface area (Å²) in [5, 5.41) is 2.42. The molecule has 0 atom stereocenters. The van der Waals surface area contributed by atoms with Crippen LogP contribution in [0.3, 0.4) is 0 Å². The molecule has 0 radical (unpaired) electrons. The van der Waals surface area contributed by atoms with Crippen LogP contribution in [0, 0.1) is 0 Å². The van der Waals surface area contributed by atoms with E-state index in [1.54, 1.807) is 24.6 Å². The number of nitrogens with zero attached hydrogens (tertiary/aromatic N) is 1. The Bertz CT molecular complexity index is 1180. The molecular weight excluding hydrogens is 452 g/mol. The Kier molecular flexibility index (Phi) is 6.86. The van der Waals surface area contributed by atoms with Gasteiger partial charge in [-0.05, 0) is 42.5 Å². The number of hydrogen-bond acceptors (Lipinski definition) is 8. The number of ether oxygens (including phenoxy) is 3. The first-order valence-electron chi connectivity index (χ1n) is 8.72. The highest BCUT2D eigenvalue weighted by atomic mass is 32.2. The summed E-state index contributed by atoms with van der Waals surface area (Å²) in [7, 11) is -1.65. The molecule has 11 heteroatoms. The number of esters is 1. The van der Waals surface area contributed by atoms with Gasteiger partial charge < -0.3 is 14.2 Å². The largest absolute Gasteiger partial charge is 0.493 e. The van der Waals surface area contributed by atoms with Crippen LogP contribution in [0.2, 0.25) is 0 Å². The fraction of sp³-hybridized carbons (Fsp3) is 0.200. The van der Waals surface area contributed by atoms with E-state index in [0.717, 1.165) is 29.8 Å². The van der Waals surface area contributed by atoms with Gasteiger partial charge in [-0.15, -0.1) is 11.3 Å². The molecule has 0 spiro atoms. The van der Waals surface area contributed by atoms with Crippen molar-refractivity contribution in [2.24, 2.45) is 0 Å². The molecule has 31 heavy (non-hydrogen) atoms. The maximum absolute atomic E-state index is 12.6. The number of hydrogen-bond donors (Lipinski definition) is 0. The normalized spacial score (nSPS) is 11.4. The first-order valence-corrected chi connectivity index (χ1v) is 11.1. The van der Waals surface area contributed by atoms with E-state index in [9.17, 15) is 22.0 Å². The number of sulfone groups is 1. The molecule has 3 aromatic rings. The lowest BCUT2D eigenvalue weighted by atomic mass is 10.2. The van der Waals surface area contributed by atoms with Crippen molar-refractivity contribution in [1.82, 2.24) is 4.98 Å². The Hall–Kier alpha value is -3.05. The third-order valence-electron chi connectivity index (χ3n) is 4.19. The zero-order chi connectivity index (χ0) is 22.6. The van der Waals surface area contributed by atoms with Gasteiger partial charge in [-0.2, -0.15) is 8.78 Å². The minimum Gasteiger partial charge on any atom is -0.493 e. The fourth-order valence-electron chi connectivity index (χ4n) is 2.58. The van der Waals surface area contributed by atoms with Crippen LogP contribution in [-0.4, -0.2) is 39.3 Å². The molecular formula is C20H17F2NO6S2. The lowest BCUT2D eigenvalue weighted by Gasteiger charge is -2.08. The van der Waals surface area contributed by atoms with Crippen LogP contribution in [0.4, 0.5) is 8.78 Å². The molecule has 0 saturated heterocycles. The zero-order valence-electron chi connectivity index (χ0n) is 16.4. The monoisotopic (exact) mass is 469 g/mol. The van der Waals surface area contributed by atoms with Gasteiger partial charge in [0, 0.05) is 10.9 Å². The summed E-state index contributed by atoms with van der Waals surface area (Å²) in [5.41, 5.74) is 1.35. The topological polar surface area (TPSA) is 91.8 Å². The van der Waals surface area contributed by atoms with E-state index >= 15 is 0 Å². The van der Waals surface area contributed by atoms with Gasteiger partial charge in [0.1, 0.15) is 11.6 Å². The van der Waals surface area contributed by atoms with E-state index in [1.807, 2.05) is 6.07 Å². The highest BCUT2D eigenvalue weighted by Crippen LogP contribution is 2.33. The number of alkyl halides is 2. The molecule has 0 aliphatic rings. The Morgan fingerprint density at radius 2 is 1.74 bits per heavy atom. The smallest absolute Gasteiger partial charge is 0.341 e. The number of benzene rings is 2. The predicted octanol–water partition coefficient (Wildman–Crippen LogP) is 4.18. The average molecular weight is 469 g/mol. The number of rotatable bonds is 8. The molecule has 0 aliphatic heterocycles. The van der Waals surface area contributed by atoms with E-state index < -0.39 is 26.5 Å². The summed E-state index contributed by atoms with van der Waals surface area (Å²) >= 11 is 1.35. The maximum atomic E-state index is 12.6. The van der Waals surface area contributed by atoms with Crippen LogP contribution in [0.25, 0.3) is 10.6 Å². The maximum Gasteiger partial charge on any atom is 0.341 e. The summed E-state index contributed by atoms with van der Waals surface area (Å²) in [4.78, 5) is 16.0. The van der Waals surface area contributed by atoms with Crippen LogP contribution < -0.4 is 9.47 Å². The van der Waals surface area contributed by atoms with Gasteiger partial charge in [0.25, 0.3) is 0 Å². The molecule has 0 fully saturated rings. The Labute approximate surface area is 181 Å². The summed E-state index contributed by atoms with van der Waals surface area (Å²) in [6.07, 6.45) is 0. The molecule has 0 saturated carbocycles. The SMILES string of the molecule is COc1ccc(-c2nc(COC(=O)c3ccc(S(=O)(=O)C(F)F)cc3)cs2)cc1OC. The minimum atomic E-state index is -4.72. The molecule has 2 aromatic carbocycles. The van der Waals surface area contributed by atoms with Crippen molar-refractivity contribution in [3.05, 3.63) is 59.1 Å². The number of methoxy groups -OCH3 is 2. The molecule has 0 N–H and O–H groups in total. The second-order valence-electron chi connectivity index (χ2n) is 6.12. The number of aromatic nitrogens is 1. The van der Waals surface area contributed by atoms with Crippen LogP contribution >= 0.6 is 11.3 Å². The Morgan fingerprint density at radius 1 is 1.06 bits per heavy atom. The van der Waals surface area contributed by atoms with E-state index in [-0.39, 0.29) is 12.2 Å². The van der Waals surface area contributed by atoms with Crippen molar-refractivity contribution in [2.45, 2.75) is 17.3 Å². The van der Waals surface area contributed by atoms with E-state index in [2.05, 4.69) is 4.98 Å². The fourth-order valence-corrected chi connectivity index (χ4v) is 4.10. The van der Waals surface area contributed by atoms with Crippen LogP contribution in [0.15, 0.2) is 52.7 Å².